The normalized spacial score (nSPS) is 10.5. The van der Waals surface area contributed by atoms with Crippen LogP contribution >= 0.6 is 23.2 Å². The van der Waals surface area contributed by atoms with Crippen LogP contribution in [0.4, 0.5) is 5.82 Å². The lowest BCUT2D eigenvalue weighted by atomic mass is 10.1. The van der Waals surface area contributed by atoms with E-state index in [0.717, 1.165) is 4.68 Å². The molecule has 2 heterocycles. The largest absolute Gasteiger partial charge is 0.306 e. The van der Waals surface area contributed by atoms with Crippen LogP contribution in [0.15, 0.2) is 17.1 Å². The number of pyridine rings is 1. The number of nitrogens with one attached hydrogen (secondary N) is 1. The van der Waals surface area contributed by atoms with Gasteiger partial charge in [-0.15, -0.1) is 0 Å². The van der Waals surface area contributed by atoms with Crippen molar-refractivity contribution in [3.63, 3.8) is 0 Å². The summed E-state index contributed by atoms with van der Waals surface area (Å²) in [6.45, 7) is 3.39. The number of halogens is 2. The minimum Gasteiger partial charge on any atom is -0.306 e. The van der Waals surface area contributed by atoms with E-state index in [1.165, 1.54) is 19.3 Å². The van der Waals surface area contributed by atoms with Crippen molar-refractivity contribution in [3.05, 3.63) is 49.5 Å². The molecule has 1 amide bonds. The first kappa shape index (κ1) is 15.5. The Morgan fingerprint density at radius 2 is 1.95 bits per heavy atom. The molecule has 0 spiro atoms. The molecule has 0 bridgehead atoms. The number of hydrogen-bond donors (Lipinski definition) is 1. The monoisotopic (exact) mass is 326 g/mol. The van der Waals surface area contributed by atoms with E-state index >= 15 is 0 Å². The van der Waals surface area contributed by atoms with Gasteiger partial charge in [0.1, 0.15) is 11.4 Å². The van der Waals surface area contributed by atoms with Crippen molar-refractivity contribution in [2.45, 2.75) is 13.8 Å². The van der Waals surface area contributed by atoms with Crippen LogP contribution in [-0.2, 0) is 7.05 Å². The fourth-order valence-electron chi connectivity index (χ4n) is 1.78. The Labute approximate surface area is 130 Å². The molecule has 21 heavy (non-hydrogen) atoms. The fraction of sp³-hybridized carbons (Fsp3) is 0.231. The van der Waals surface area contributed by atoms with Crippen LogP contribution in [-0.4, -0.2) is 20.7 Å². The molecule has 6 nitrogen and oxygen atoms in total. The zero-order valence-electron chi connectivity index (χ0n) is 11.6. The number of nitrogens with zero attached hydrogens (tertiary/aromatic N) is 3. The second-order valence-electron chi connectivity index (χ2n) is 4.45. The van der Waals surface area contributed by atoms with Crippen LogP contribution in [0, 0.1) is 13.8 Å². The molecule has 0 aliphatic carbocycles. The number of hydrogen-bond acceptors (Lipinski definition) is 4. The number of aromatic nitrogens is 3. The van der Waals surface area contributed by atoms with Gasteiger partial charge in [-0.05, 0) is 19.4 Å². The van der Waals surface area contributed by atoms with Gasteiger partial charge in [-0.3, -0.25) is 9.59 Å². The van der Waals surface area contributed by atoms with Crippen molar-refractivity contribution < 1.29 is 4.79 Å². The van der Waals surface area contributed by atoms with Crippen molar-refractivity contribution in [2.24, 2.45) is 7.05 Å². The minimum atomic E-state index is -0.565. The first-order valence-electron chi connectivity index (χ1n) is 5.98. The van der Waals surface area contributed by atoms with Crippen LogP contribution < -0.4 is 10.9 Å². The van der Waals surface area contributed by atoms with Gasteiger partial charge in [0.25, 0.3) is 11.5 Å². The quantitative estimate of drug-likeness (QED) is 0.918. The van der Waals surface area contributed by atoms with E-state index in [2.05, 4.69) is 15.4 Å². The average molecular weight is 327 g/mol. The summed E-state index contributed by atoms with van der Waals surface area (Å²) < 4.78 is 1.12. The number of anilines is 1. The van der Waals surface area contributed by atoms with Gasteiger partial charge in [0.05, 0.1) is 15.7 Å². The molecule has 0 radical (unpaired) electrons. The molecule has 0 aliphatic heterocycles. The Balaban J connectivity index is 2.41. The van der Waals surface area contributed by atoms with E-state index in [9.17, 15) is 9.59 Å². The van der Waals surface area contributed by atoms with E-state index in [0.29, 0.717) is 11.3 Å². The molecule has 1 N–H and O–H groups in total. The van der Waals surface area contributed by atoms with Crippen molar-refractivity contribution >= 4 is 34.9 Å². The van der Waals surface area contributed by atoms with Crippen molar-refractivity contribution in [3.8, 4) is 0 Å². The third-order valence-corrected chi connectivity index (χ3v) is 3.71. The van der Waals surface area contributed by atoms with Gasteiger partial charge in [-0.2, -0.15) is 5.10 Å². The zero-order valence-corrected chi connectivity index (χ0v) is 13.1. The Bertz CT molecular complexity index is 786. The van der Waals surface area contributed by atoms with Crippen LogP contribution in [0.5, 0.6) is 0 Å². The summed E-state index contributed by atoms with van der Waals surface area (Å²) in [6, 6.07) is 1.41. The molecule has 0 saturated carbocycles. The van der Waals surface area contributed by atoms with Crippen LogP contribution in [0.1, 0.15) is 21.6 Å². The first-order chi connectivity index (χ1) is 9.81. The Kier molecular flexibility index (Phi) is 4.29. The zero-order chi connectivity index (χ0) is 15.7. The third-order valence-electron chi connectivity index (χ3n) is 3.00. The summed E-state index contributed by atoms with van der Waals surface area (Å²) in [5, 5.41) is 7.09. The van der Waals surface area contributed by atoms with Crippen molar-refractivity contribution in [1.82, 2.24) is 14.8 Å². The highest BCUT2D eigenvalue weighted by Crippen LogP contribution is 2.23. The van der Waals surface area contributed by atoms with E-state index < -0.39 is 11.5 Å². The van der Waals surface area contributed by atoms with E-state index in [4.69, 9.17) is 23.2 Å². The summed E-state index contributed by atoms with van der Waals surface area (Å²) in [4.78, 5) is 28.3. The highest BCUT2D eigenvalue weighted by atomic mass is 35.5. The minimum absolute atomic E-state index is 0.0258. The molecule has 2 rings (SSSR count). The lowest BCUT2D eigenvalue weighted by Gasteiger charge is -2.10. The van der Waals surface area contributed by atoms with Gasteiger partial charge in [0.2, 0.25) is 0 Å². The topological polar surface area (TPSA) is 76.9 Å². The number of carbonyl (C=O) groups excluding carboxylic acids is 1. The molecule has 0 aromatic carbocycles. The predicted molar refractivity (Wildman–Crippen MR) is 81.2 cm³/mol. The summed E-state index contributed by atoms with van der Waals surface area (Å²) in [6.07, 6.45) is 1.32. The molecule has 2 aromatic rings. The standard InChI is InChI=1S/C13H12Cl2N4O2/c1-6-7(2)18-19(3)13(21)11(6)12(20)17-10-4-8(14)9(15)5-16-10/h4-5H,1-3H3,(H,16,17,20). The molecule has 8 heteroatoms. The lowest BCUT2D eigenvalue weighted by Crippen LogP contribution is -2.31. The van der Waals surface area contributed by atoms with E-state index in [-0.39, 0.29) is 21.4 Å². The van der Waals surface area contributed by atoms with Crippen LogP contribution in [0.25, 0.3) is 0 Å². The Morgan fingerprint density at radius 1 is 1.29 bits per heavy atom. The molecular formula is C13H12Cl2N4O2. The molecule has 0 aliphatic rings. The smallest absolute Gasteiger partial charge is 0.279 e. The molecule has 2 aromatic heterocycles. The van der Waals surface area contributed by atoms with Gasteiger partial charge in [0, 0.05) is 19.3 Å². The highest BCUT2D eigenvalue weighted by molar-refractivity contribution is 6.42. The van der Waals surface area contributed by atoms with Gasteiger partial charge >= 0.3 is 0 Å². The average Bonchev–Trinajstić information content (AvgIpc) is 2.41. The second-order valence-corrected chi connectivity index (χ2v) is 5.27. The predicted octanol–water partition coefficient (Wildman–Crippen LogP) is 2.35. The van der Waals surface area contributed by atoms with Gasteiger partial charge < -0.3 is 5.32 Å². The fourth-order valence-corrected chi connectivity index (χ4v) is 2.03. The van der Waals surface area contributed by atoms with Crippen LogP contribution in [0.3, 0.4) is 0 Å². The molecular weight excluding hydrogens is 315 g/mol. The van der Waals surface area contributed by atoms with Gasteiger partial charge in [-0.1, -0.05) is 23.2 Å². The summed E-state index contributed by atoms with van der Waals surface area (Å²) in [5.74, 6) is -0.352. The molecule has 0 fully saturated rings. The maximum absolute atomic E-state index is 12.3. The van der Waals surface area contributed by atoms with Crippen molar-refractivity contribution in [2.75, 3.05) is 5.32 Å². The number of aryl methyl sites for hydroxylation is 2. The van der Waals surface area contributed by atoms with E-state index in [1.54, 1.807) is 13.8 Å². The SMILES string of the molecule is Cc1nn(C)c(=O)c(C(=O)Nc2cc(Cl)c(Cl)cn2)c1C. The Morgan fingerprint density at radius 3 is 2.57 bits per heavy atom. The number of rotatable bonds is 2. The number of carbonyl (C=O) groups is 1. The first-order valence-corrected chi connectivity index (χ1v) is 6.73. The number of amides is 1. The third kappa shape index (κ3) is 3.06. The molecule has 0 unspecified atom stereocenters. The summed E-state index contributed by atoms with van der Waals surface area (Å²) in [7, 11) is 1.49. The summed E-state index contributed by atoms with van der Waals surface area (Å²) in [5.41, 5.74) is 0.675. The maximum Gasteiger partial charge on any atom is 0.279 e. The summed E-state index contributed by atoms with van der Waals surface area (Å²) >= 11 is 11.6. The van der Waals surface area contributed by atoms with E-state index in [1.807, 2.05) is 0 Å². The second kappa shape index (κ2) is 5.83. The Hall–Kier alpha value is -1.92. The lowest BCUT2D eigenvalue weighted by molar-refractivity contribution is 0.102. The highest BCUT2D eigenvalue weighted by Gasteiger charge is 2.18. The molecule has 0 saturated heterocycles. The maximum atomic E-state index is 12.3. The van der Waals surface area contributed by atoms with Gasteiger partial charge in [0.15, 0.2) is 0 Å². The van der Waals surface area contributed by atoms with Crippen LogP contribution in [0.2, 0.25) is 10.0 Å². The molecule has 110 valence electrons. The van der Waals surface area contributed by atoms with Gasteiger partial charge in [-0.25, -0.2) is 9.67 Å². The molecule has 0 atom stereocenters. The van der Waals surface area contributed by atoms with Crippen molar-refractivity contribution in [1.29, 1.82) is 0 Å².